The third kappa shape index (κ3) is 3.70. The topological polar surface area (TPSA) is 73.3 Å². The van der Waals surface area contributed by atoms with E-state index < -0.39 is 0 Å². The maximum Gasteiger partial charge on any atom is 0.328 e. The Hall–Kier alpha value is -1.63. The number of carbonyl (C=O) groups is 1. The van der Waals surface area contributed by atoms with Gasteiger partial charge in [-0.05, 0) is 0 Å². The minimum Gasteiger partial charge on any atom is -0.393 e. The van der Waals surface area contributed by atoms with Gasteiger partial charge in [0.1, 0.15) is 6.54 Å². The fourth-order valence-corrected chi connectivity index (χ4v) is 1.39. The second-order valence-corrected chi connectivity index (χ2v) is 4.38. The first-order valence-electron chi connectivity index (χ1n) is 5.16. The van der Waals surface area contributed by atoms with Crippen LogP contribution in [0.2, 0.25) is 0 Å². The Morgan fingerprint density at radius 3 is 2.65 bits per heavy atom. The Morgan fingerprint density at radius 2 is 2.18 bits per heavy atom. The third-order valence-corrected chi connectivity index (χ3v) is 2.65. The summed E-state index contributed by atoms with van der Waals surface area (Å²) in [5, 5.41) is 0. The highest BCUT2D eigenvalue weighted by molar-refractivity contribution is 7.80. The maximum absolute atomic E-state index is 11.8. The Morgan fingerprint density at radius 1 is 1.53 bits per heavy atom. The van der Waals surface area contributed by atoms with Gasteiger partial charge in [-0.1, -0.05) is 12.2 Å². The first-order valence-corrected chi connectivity index (χ1v) is 5.56. The van der Waals surface area contributed by atoms with Gasteiger partial charge >= 0.3 is 5.69 Å². The van der Waals surface area contributed by atoms with Gasteiger partial charge in [-0.3, -0.25) is 9.36 Å². The van der Waals surface area contributed by atoms with Crippen molar-refractivity contribution in [3.63, 3.8) is 0 Å². The molecule has 94 valence electrons. The Balaban J connectivity index is 2.57. The van der Waals surface area contributed by atoms with Gasteiger partial charge in [-0.2, -0.15) is 0 Å². The van der Waals surface area contributed by atoms with Crippen LogP contribution in [0.15, 0.2) is 17.2 Å². The molecule has 0 aliphatic rings. The maximum atomic E-state index is 11.8. The van der Waals surface area contributed by atoms with Crippen LogP contribution in [0.4, 0.5) is 0 Å². The van der Waals surface area contributed by atoms with Gasteiger partial charge in [0, 0.05) is 39.5 Å². The summed E-state index contributed by atoms with van der Waals surface area (Å²) >= 11 is 4.74. The summed E-state index contributed by atoms with van der Waals surface area (Å²) in [5.41, 5.74) is 5.15. The van der Waals surface area contributed by atoms with Gasteiger partial charge in [-0.25, -0.2) is 4.79 Å². The normalized spacial score (nSPS) is 10.2. The molecule has 1 amide bonds. The molecule has 1 aromatic rings. The number of nitrogens with two attached hydrogens (primary N) is 1. The minimum absolute atomic E-state index is 0.0352. The van der Waals surface area contributed by atoms with E-state index in [2.05, 4.69) is 0 Å². The molecular weight excluding hydrogens is 240 g/mol. The first-order chi connectivity index (χ1) is 7.91. The zero-order valence-corrected chi connectivity index (χ0v) is 10.7. The number of rotatable bonds is 5. The monoisotopic (exact) mass is 256 g/mol. The lowest BCUT2D eigenvalue weighted by Crippen LogP contribution is -2.35. The molecule has 0 unspecified atom stereocenters. The van der Waals surface area contributed by atoms with Crippen LogP contribution in [-0.4, -0.2) is 38.5 Å². The fraction of sp³-hybridized carbons (Fsp3) is 0.500. The summed E-state index contributed by atoms with van der Waals surface area (Å²) in [5.74, 6) is -0.144. The second kappa shape index (κ2) is 5.62. The van der Waals surface area contributed by atoms with Crippen molar-refractivity contribution in [2.75, 3.05) is 13.6 Å². The summed E-state index contributed by atoms with van der Waals surface area (Å²) in [7, 11) is 3.30. The molecule has 0 spiro atoms. The van der Waals surface area contributed by atoms with E-state index in [0.29, 0.717) is 18.0 Å². The summed E-state index contributed by atoms with van der Waals surface area (Å²) in [6.45, 7) is 0.503. The van der Waals surface area contributed by atoms with Crippen molar-refractivity contribution in [1.29, 1.82) is 0 Å². The number of aryl methyl sites for hydroxylation is 1. The molecule has 0 fully saturated rings. The van der Waals surface area contributed by atoms with Crippen molar-refractivity contribution < 1.29 is 4.79 Å². The molecule has 0 saturated heterocycles. The number of amides is 1. The van der Waals surface area contributed by atoms with Crippen LogP contribution in [0, 0.1) is 0 Å². The minimum atomic E-state index is -0.207. The van der Waals surface area contributed by atoms with E-state index in [1.165, 1.54) is 14.0 Å². The molecule has 0 saturated carbocycles. The van der Waals surface area contributed by atoms with Gasteiger partial charge < -0.3 is 15.2 Å². The van der Waals surface area contributed by atoms with E-state index in [1.807, 2.05) is 0 Å². The van der Waals surface area contributed by atoms with Crippen molar-refractivity contribution in [1.82, 2.24) is 14.0 Å². The quantitative estimate of drug-likeness (QED) is 0.709. The lowest BCUT2D eigenvalue weighted by Gasteiger charge is -2.16. The summed E-state index contributed by atoms with van der Waals surface area (Å²) in [4.78, 5) is 25.2. The van der Waals surface area contributed by atoms with Gasteiger partial charge in [0.25, 0.3) is 0 Å². The van der Waals surface area contributed by atoms with Crippen LogP contribution in [0.5, 0.6) is 0 Å². The molecule has 0 aliphatic heterocycles. The average molecular weight is 256 g/mol. The van der Waals surface area contributed by atoms with Crippen molar-refractivity contribution in [2.45, 2.75) is 13.0 Å². The fourth-order valence-electron chi connectivity index (χ4n) is 1.30. The summed E-state index contributed by atoms with van der Waals surface area (Å²) < 4.78 is 2.78. The molecule has 1 heterocycles. The van der Waals surface area contributed by atoms with Crippen LogP contribution in [0.1, 0.15) is 6.42 Å². The molecule has 0 aliphatic carbocycles. The lowest BCUT2D eigenvalue weighted by atomic mass is 10.4. The summed E-state index contributed by atoms with van der Waals surface area (Å²) in [6.07, 6.45) is 3.69. The average Bonchev–Trinajstić information content (AvgIpc) is 2.57. The van der Waals surface area contributed by atoms with Crippen LogP contribution < -0.4 is 11.4 Å². The van der Waals surface area contributed by atoms with Crippen LogP contribution >= 0.6 is 12.2 Å². The molecule has 17 heavy (non-hydrogen) atoms. The van der Waals surface area contributed by atoms with Crippen LogP contribution in [-0.2, 0) is 18.4 Å². The molecule has 0 bridgehead atoms. The van der Waals surface area contributed by atoms with Gasteiger partial charge in [0.05, 0.1) is 4.99 Å². The van der Waals surface area contributed by atoms with Crippen molar-refractivity contribution in [2.24, 2.45) is 12.8 Å². The molecule has 0 atom stereocenters. The summed E-state index contributed by atoms with van der Waals surface area (Å²) in [6, 6.07) is 0. The van der Waals surface area contributed by atoms with Gasteiger partial charge in [-0.15, -0.1) is 0 Å². The number of nitrogens with zero attached hydrogens (tertiary/aromatic N) is 3. The third-order valence-electron chi connectivity index (χ3n) is 2.44. The van der Waals surface area contributed by atoms with E-state index in [0.717, 1.165) is 0 Å². The zero-order chi connectivity index (χ0) is 13.0. The SMILES string of the molecule is CN(CCC(N)=S)C(=O)Cn1ccn(C)c1=O. The van der Waals surface area contributed by atoms with Crippen molar-refractivity contribution in [3.8, 4) is 0 Å². The predicted molar refractivity (Wildman–Crippen MR) is 68.7 cm³/mol. The molecule has 1 rings (SSSR count). The zero-order valence-electron chi connectivity index (χ0n) is 9.92. The largest absolute Gasteiger partial charge is 0.393 e. The molecule has 6 nitrogen and oxygen atoms in total. The number of imidazole rings is 1. The van der Waals surface area contributed by atoms with E-state index in [9.17, 15) is 9.59 Å². The highest BCUT2D eigenvalue weighted by Crippen LogP contribution is 1.92. The van der Waals surface area contributed by atoms with E-state index >= 15 is 0 Å². The number of thiocarbonyl (C=S) groups is 1. The molecule has 7 heteroatoms. The highest BCUT2D eigenvalue weighted by Gasteiger charge is 2.11. The standard InChI is InChI=1S/C10H16N4O2S/c1-12(4-3-8(11)17)9(15)7-14-6-5-13(2)10(14)16/h5-6H,3-4,7H2,1-2H3,(H2,11,17). The van der Waals surface area contributed by atoms with Gasteiger partial charge in [0.15, 0.2) is 0 Å². The van der Waals surface area contributed by atoms with E-state index in [1.54, 1.807) is 26.5 Å². The van der Waals surface area contributed by atoms with Crippen molar-refractivity contribution in [3.05, 3.63) is 22.9 Å². The number of likely N-dealkylation sites (N-methyl/N-ethyl adjacent to an activating group) is 1. The van der Waals surface area contributed by atoms with E-state index in [-0.39, 0.29) is 18.1 Å². The Labute approximate surface area is 105 Å². The molecular formula is C10H16N4O2S. The highest BCUT2D eigenvalue weighted by atomic mass is 32.1. The van der Waals surface area contributed by atoms with E-state index in [4.69, 9.17) is 18.0 Å². The van der Waals surface area contributed by atoms with Crippen molar-refractivity contribution >= 4 is 23.1 Å². The predicted octanol–water partition coefficient (Wildman–Crippen LogP) is -0.679. The number of hydrogen-bond donors (Lipinski definition) is 1. The lowest BCUT2D eigenvalue weighted by molar-refractivity contribution is -0.130. The number of hydrogen-bond acceptors (Lipinski definition) is 3. The number of aromatic nitrogens is 2. The Bertz CT molecular complexity index is 477. The molecule has 0 aromatic carbocycles. The molecule has 1 aromatic heterocycles. The second-order valence-electron chi connectivity index (χ2n) is 3.85. The van der Waals surface area contributed by atoms with Crippen LogP contribution in [0.25, 0.3) is 0 Å². The van der Waals surface area contributed by atoms with Crippen LogP contribution in [0.3, 0.4) is 0 Å². The van der Waals surface area contributed by atoms with Gasteiger partial charge in [0.2, 0.25) is 5.91 Å². The smallest absolute Gasteiger partial charge is 0.328 e. The Kier molecular flexibility index (Phi) is 4.45. The number of carbonyl (C=O) groups excluding carboxylic acids is 1. The molecule has 0 radical (unpaired) electrons. The molecule has 2 N–H and O–H groups in total. The first kappa shape index (κ1) is 13.4.